The van der Waals surface area contributed by atoms with Gasteiger partial charge in [0.1, 0.15) is 0 Å². The Labute approximate surface area is 105 Å². The van der Waals surface area contributed by atoms with Crippen LogP contribution in [0.4, 0.5) is 0 Å². The van der Waals surface area contributed by atoms with Crippen molar-refractivity contribution >= 4 is 11.8 Å². The highest BCUT2D eigenvalue weighted by Gasteiger charge is 2.00. The Bertz CT molecular complexity index is 465. The molecule has 0 aliphatic rings. The highest BCUT2D eigenvalue weighted by atomic mass is 32.2. The predicted molar refractivity (Wildman–Crippen MR) is 72.0 cm³/mol. The minimum Gasteiger partial charge on any atom is -0.330 e. The summed E-state index contributed by atoms with van der Waals surface area (Å²) in [5.41, 5.74) is 8.67. The second-order valence-corrected chi connectivity index (χ2v) is 4.83. The fourth-order valence-electron chi connectivity index (χ4n) is 1.44. The molecule has 3 nitrogen and oxygen atoms in total. The fourth-order valence-corrected chi connectivity index (χ4v) is 2.06. The van der Waals surface area contributed by atoms with Crippen LogP contribution in [0, 0.1) is 6.92 Å². The number of rotatable bonds is 4. The number of hydrogen-bond donors (Lipinski definition) is 1. The van der Waals surface area contributed by atoms with Crippen molar-refractivity contribution in [3.05, 3.63) is 42.4 Å². The van der Waals surface area contributed by atoms with E-state index < -0.39 is 0 Å². The lowest BCUT2D eigenvalue weighted by molar-refractivity contribution is 1.11. The standard InChI is InChI=1S/C13H15N3S/c1-10-2-3-11(8-15-10)12-4-5-13(16-9-12)17-7-6-14/h2-5,8-9H,6-7,14H2,1H3. The zero-order valence-electron chi connectivity index (χ0n) is 9.76. The maximum Gasteiger partial charge on any atom is 0.0960 e. The largest absolute Gasteiger partial charge is 0.330 e. The number of hydrogen-bond acceptors (Lipinski definition) is 4. The van der Waals surface area contributed by atoms with E-state index in [4.69, 9.17) is 5.73 Å². The zero-order valence-corrected chi connectivity index (χ0v) is 10.6. The summed E-state index contributed by atoms with van der Waals surface area (Å²) < 4.78 is 0. The van der Waals surface area contributed by atoms with Gasteiger partial charge in [-0.15, -0.1) is 11.8 Å². The van der Waals surface area contributed by atoms with Gasteiger partial charge in [0.15, 0.2) is 0 Å². The first-order valence-electron chi connectivity index (χ1n) is 5.51. The van der Waals surface area contributed by atoms with E-state index in [1.54, 1.807) is 11.8 Å². The molecule has 0 saturated carbocycles. The Morgan fingerprint density at radius 2 is 1.76 bits per heavy atom. The molecule has 0 aliphatic heterocycles. The number of pyridine rings is 2. The Balaban J connectivity index is 2.14. The van der Waals surface area contributed by atoms with E-state index >= 15 is 0 Å². The zero-order chi connectivity index (χ0) is 12.1. The lowest BCUT2D eigenvalue weighted by Gasteiger charge is -2.03. The molecule has 2 rings (SSSR count). The van der Waals surface area contributed by atoms with Gasteiger partial charge in [0.2, 0.25) is 0 Å². The number of nitrogens with zero attached hydrogens (tertiary/aromatic N) is 2. The normalized spacial score (nSPS) is 10.5. The van der Waals surface area contributed by atoms with E-state index in [1.807, 2.05) is 31.5 Å². The molecule has 0 atom stereocenters. The van der Waals surface area contributed by atoms with Gasteiger partial charge in [-0.1, -0.05) is 12.1 Å². The smallest absolute Gasteiger partial charge is 0.0960 e. The second kappa shape index (κ2) is 5.80. The lowest BCUT2D eigenvalue weighted by Crippen LogP contribution is -2.01. The van der Waals surface area contributed by atoms with Crippen molar-refractivity contribution in [2.75, 3.05) is 12.3 Å². The third-order valence-corrected chi connectivity index (χ3v) is 3.33. The van der Waals surface area contributed by atoms with Crippen LogP contribution in [0.25, 0.3) is 11.1 Å². The van der Waals surface area contributed by atoms with Crippen molar-refractivity contribution in [1.29, 1.82) is 0 Å². The molecule has 17 heavy (non-hydrogen) atoms. The van der Waals surface area contributed by atoms with Crippen LogP contribution in [0.1, 0.15) is 5.69 Å². The Morgan fingerprint density at radius 1 is 1.06 bits per heavy atom. The molecule has 0 aromatic carbocycles. The van der Waals surface area contributed by atoms with Gasteiger partial charge in [-0.05, 0) is 19.1 Å². The molecule has 0 aliphatic carbocycles. The molecular formula is C13H15N3S. The van der Waals surface area contributed by atoms with E-state index in [-0.39, 0.29) is 0 Å². The van der Waals surface area contributed by atoms with E-state index in [0.29, 0.717) is 6.54 Å². The summed E-state index contributed by atoms with van der Waals surface area (Å²) in [5.74, 6) is 0.901. The molecule has 2 heterocycles. The first kappa shape index (κ1) is 12.1. The van der Waals surface area contributed by atoms with Crippen molar-refractivity contribution in [3.8, 4) is 11.1 Å². The van der Waals surface area contributed by atoms with E-state index in [1.165, 1.54) is 0 Å². The minimum absolute atomic E-state index is 0.677. The average molecular weight is 245 g/mol. The number of nitrogens with two attached hydrogens (primary N) is 1. The van der Waals surface area contributed by atoms with Crippen molar-refractivity contribution in [2.45, 2.75) is 11.9 Å². The average Bonchev–Trinajstić information content (AvgIpc) is 2.38. The summed E-state index contributed by atoms with van der Waals surface area (Å²) in [4.78, 5) is 8.67. The highest BCUT2D eigenvalue weighted by molar-refractivity contribution is 7.99. The predicted octanol–water partition coefficient (Wildman–Crippen LogP) is 2.50. The van der Waals surface area contributed by atoms with Crippen molar-refractivity contribution < 1.29 is 0 Å². The van der Waals surface area contributed by atoms with Crippen molar-refractivity contribution in [3.63, 3.8) is 0 Å². The van der Waals surface area contributed by atoms with Crippen LogP contribution in [0.15, 0.2) is 41.7 Å². The summed E-state index contributed by atoms with van der Waals surface area (Å²) in [7, 11) is 0. The quantitative estimate of drug-likeness (QED) is 0.841. The van der Waals surface area contributed by atoms with Crippen molar-refractivity contribution in [1.82, 2.24) is 9.97 Å². The second-order valence-electron chi connectivity index (χ2n) is 3.71. The molecule has 88 valence electrons. The van der Waals surface area contributed by atoms with Crippen molar-refractivity contribution in [2.24, 2.45) is 5.73 Å². The third-order valence-electron chi connectivity index (χ3n) is 2.35. The number of thioether (sulfide) groups is 1. The van der Waals surface area contributed by atoms with Gasteiger partial charge in [-0.2, -0.15) is 0 Å². The molecule has 2 N–H and O–H groups in total. The summed E-state index contributed by atoms with van der Waals surface area (Å²) in [6.45, 7) is 2.66. The van der Waals surface area contributed by atoms with Gasteiger partial charge in [0, 0.05) is 41.5 Å². The first-order valence-corrected chi connectivity index (χ1v) is 6.50. The Hall–Kier alpha value is -1.39. The van der Waals surface area contributed by atoms with Crippen LogP contribution < -0.4 is 5.73 Å². The number of aromatic nitrogens is 2. The molecule has 0 saturated heterocycles. The topological polar surface area (TPSA) is 51.8 Å². The highest BCUT2D eigenvalue weighted by Crippen LogP contribution is 2.21. The van der Waals surface area contributed by atoms with Crippen LogP contribution >= 0.6 is 11.8 Å². The molecule has 2 aromatic rings. The van der Waals surface area contributed by atoms with Crippen LogP contribution in [-0.4, -0.2) is 22.3 Å². The maximum atomic E-state index is 5.45. The molecule has 2 aromatic heterocycles. The first-order chi connectivity index (χ1) is 8.29. The lowest BCUT2D eigenvalue weighted by atomic mass is 10.1. The fraction of sp³-hybridized carbons (Fsp3) is 0.231. The van der Waals surface area contributed by atoms with Gasteiger partial charge in [-0.25, -0.2) is 4.98 Å². The summed E-state index contributed by atoms with van der Waals surface area (Å²) in [6.07, 6.45) is 3.75. The monoisotopic (exact) mass is 245 g/mol. The SMILES string of the molecule is Cc1ccc(-c2ccc(SCCN)nc2)cn1. The van der Waals surface area contributed by atoms with Crippen LogP contribution in [0.5, 0.6) is 0 Å². The van der Waals surface area contributed by atoms with E-state index in [2.05, 4.69) is 22.1 Å². The van der Waals surface area contributed by atoms with E-state index in [0.717, 1.165) is 27.6 Å². The summed E-state index contributed by atoms with van der Waals surface area (Å²) in [6, 6.07) is 8.16. The van der Waals surface area contributed by atoms with Crippen LogP contribution in [0.2, 0.25) is 0 Å². The molecule has 4 heteroatoms. The molecule has 0 spiro atoms. The summed E-state index contributed by atoms with van der Waals surface area (Å²) in [5, 5.41) is 1.01. The summed E-state index contributed by atoms with van der Waals surface area (Å²) >= 11 is 1.68. The van der Waals surface area contributed by atoms with Gasteiger partial charge < -0.3 is 5.73 Å². The van der Waals surface area contributed by atoms with E-state index in [9.17, 15) is 0 Å². The number of aryl methyl sites for hydroxylation is 1. The molecule has 0 radical (unpaired) electrons. The van der Waals surface area contributed by atoms with Gasteiger partial charge in [-0.3, -0.25) is 4.98 Å². The maximum absolute atomic E-state index is 5.45. The van der Waals surface area contributed by atoms with Crippen LogP contribution in [0.3, 0.4) is 0 Å². The molecule has 0 unspecified atom stereocenters. The molecule has 0 bridgehead atoms. The Morgan fingerprint density at radius 3 is 2.29 bits per heavy atom. The molecular weight excluding hydrogens is 230 g/mol. The molecule has 0 amide bonds. The molecule has 0 fully saturated rings. The van der Waals surface area contributed by atoms with Crippen LogP contribution in [-0.2, 0) is 0 Å². The van der Waals surface area contributed by atoms with Gasteiger partial charge in [0.05, 0.1) is 5.03 Å². The third kappa shape index (κ3) is 3.28. The minimum atomic E-state index is 0.677. The Kier molecular flexibility index (Phi) is 4.12. The van der Waals surface area contributed by atoms with Gasteiger partial charge >= 0.3 is 0 Å². The van der Waals surface area contributed by atoms with Gasteiger partial charge in [0.25, 0.3) is 0 Å².